The molecule has 0 aliphatic rings. The number of nitrogens with one attached hydrogen (secondary N) is 1. The lowest BCUT2D eigenvalue weighted by molar-refractivity contribution is -0.120. The van der Waals surface area contributed by atoms with Gasteiger partial charge >= 0.3 is 5.97 Å². The van der Waals surface area contributed by atoms with E-state index in [9.17, 15) is 14.4 Å². The Kier molecular flexibility index (Phi) is 6.60. The van der Waals surface area contributed by atoms with E-state index in [0.29, 0.717) is 15.7 Å². The van der Waals surface area contributed by atoms with Crippen LogP contribution in [0.4, 0.5) is 11.4 Å². The van der Waals surface area contributed by atoms with Crippen LogP contribution >= 0.6 is 23.2 Å². The molecule has 2 amide bonds. The molecule has 1 N–H and O–H groups in total. The standard InChI is InChI=1S/C18H16Cl2N2O4/c1-11(23)22(16-6-4-3-5-15(16)18(25)26-2)10-17(24)21-14-8-12(19)7-13(20)9-14/h3-9H,10H2,1-2H3,(H,21,24). The average Bonchev–Trinajstić information content (AvgIpc) is 2.58. The van der Waals surface area contributed by atoms with Gasteiger partial charge in [-0.05, 0) is 30.3 Å². The molecule has 26 heavy (non-hydrogen) atoms. The summed E-state index contributed by atoms with van der Waals surface area (Å²) in [5.41, 5.74) is 0.868. The van der Waals surface area contributed by atoms with E-state index >= 15 is 0 Å². The van der Waals surface area contributed by atoms with Crippen LogP contribution < -0.4 is 10.2 Å². The molecule has 0 heterocycles. The molecule has 2 rings (SSSR count). The second-order valence-corrected chi connectivity index (χ2v) is 6.19. The first kappa shape index (κ1) is 19.8. The summed E-state index contributed by atoms with van der Waals surface area (Å²) in [6, 6.07) is 11.0. The monoisotopic (exact) mass is 394 g/mol. The Morgan fingerprint density at radius 1 is 1.08 bits per heavy atom. The predicted molar refractivity (Wildman–Crippen MR) is 101 cm³/mol. The van der Waals surface area contributed by atoms with Gasteiger partial charge in [0, 0.05) is 22.7 Å². The van der Waals surface area contributed by atoms with Gasteiger partial charge in [0.05, 0.1) is 18.4 Å². The lowest BCUT2D eigenvalue weighted by Crippen LogP contribution is -2.37. The third-order valence-electron chi connectivity index (χ3n) is 3.43. The molecule has 2 aromatic carbocycles. The number of hydrogen-bond acceptors (Lipinski definition) is 4. The Labute approximate surface area is 160 Å². The predicted octanol–water partition coefficient (Wildman–Crippen LogP) is 3.77. The number of rotatable bonds is 5. The summed E-state index contributed by atoms with van der Waals surface area (Å²) in [4.78, 5) is 37.5. The van der Waals surface area contributed by atoms with Crippen molar-refractivity contribution in [3.05, 3.63) is 58.1 Å². The van der Waals surface area contributed by atoms with Crippen molar-refractivity contribution in [1.29, 1.82) is 0 Å². The molecule has 0 saturated heterocycles. The van der Waals surface area contributed by atoms with Crippen molar-refractivity contribution in [2.24, 2.45) is 0 Å². The van der Waals surface area contributed by atoms with Gasteiger partial charge in [0.1, 0.15) is 6.54 Å². The fraction of sp³-hybridized carbons (Fsp3) is 0.167. The van der Waals surface area contributed by atoms with Crippen molar-refractivity contribution in [2.45, 2.75) is 6.92 Å². The first-order valence-corrected chi connectivity index (χ1v) is 8.29. The summed E-state index contributed by atoms with van der Waals surface area (Å²) in [5, 5.41) is 3.36. The second kappa shape index (κ2) is 8.69. The molecule has 0 aliphatic carbocycles. The quantitative estimate of drug-likeness (QED) is 0.782. The van der Waals surface area contributed by atoms with E-state index in [0.717, 1.165) is 0 Å². The van der Waals surface area contributed by atoms with E-state index in [2.05, 4.69) is 5.32 Å². The molecule has 136 valence electrons. The topological polar surface area (TPSA) is 75.7 Å². The van der Waals surface area contributed by atoms with Gasteiger partial charge in [0.2, 0.25) is 11.8 Å². The summed E-state index contributed by atoms with van der Waals surface area (Å²) >= 11 is 11.8. The number of esters is 1. The maximum atomic E-state index is 12.4. The minimum absolute atomic E-state index is 0.184. The largest absolute Gasteiger partial charge is 0.465 e. The Hall–Kier alpha value is -2.57. The van der Waals surface area contributed by atoms with Crippen LogP contribution in [-0.2, 0) is 14.3 Å². The average molecular weight is 395 g/mol. The van der Waals surface area contributed by atoms with Crippen LogP contribution in [0.3, 0.4) is 0 Å². The van der Waals surface area contributed by atoms with Crippen molar-refractivity contribution < 1.29 is 19.1 Å². The number of nitrogens with zero attached hydrogens (tertiary/aromatic N) is 1. The fourth-order valence-corrected chi connectivity index (χ4v) is 2.85. The molecule has 8 heteroatoms. The number of ether oxygens (including phenoxy) is 1. The van der Waals surface area contributed by atoms with Crippen molar-refractivity contribution in [2.75, 3.05) is 23.9 Å². The number of amides is 2. The highest BCUT2D eigenvalue weighted by molar-refractivity contribution is 6.35. The summed E-state index contributed by atoms with van der Waals surface area (Å²) < 4.78 is 4.73. The van der Waals surface area contributed by atoms with E-state index in [4.69, 9.17) is 27.9 Å². The van der Waals surface area contributed by atoms with Gasteiger partial charge in [-0.1, -0.05) is 35.3 Å². The zero-order valence-electron chi connectivity index (χ0n) is 14.1. The smallest absolute Gasteiger partial charge is 0.339 e. The molecule has 0 spiro atoms. The number of methoxy groups -OCH3 is 1. The maximum absolute atomic E-state index is 12.4. The first-order valence-electron chi connectivity index (χ1n) is 7.53. The normalized spacial score (nSPS) is 10.2. The number of hydrogen-bond donors (Lipinski definition) is 1. The minimum Gasteiger partial charge on any atom is -0.465 e. The van der Waals surface area contributed by atoms with Gasteiger partial charge in [-0.25, -0.2) is 4.79 Å². The highest BCUT2D eigenvalue weighted by Crippen LogP contribution is 2.24. The molecule has 0 aromatic heterocycles. The third-order valence-corrected chi connectivity index (χ3v) is 3.86. The Balaban J connectivity index is 2.25. The van der Waals surface area contributed by atoms with Gasteiger partial charge in [0.25, 0.3) is 0 Å². The van der Waals surface area contributed by atoms with Crippen LogP contribution in [0.5, 0.6) is 0 Å². The minimum atomic E-state index is -0.603. The number of para-hydroxylation sites is 1. The van der Waals surface area contributed by atoms with E-state index in [-0.39, 0.29) is 17.8 Å². The van der Waals surface area contributed by atoms with Crippen molar-refractivity contribution in [1.82, 2.24) is 0 Å². The number of benzene rings is 2. The van der Waals surface area contributed by atoms with Crippen LogP contribution in [0, 0.1) is 0 Å². The zero-order chi connectivity index (χ0) is 19.3. The van der Waals surface area contributed by atoms with E-state index in [1.54, 1.807) is 18.2 Å². The van der Waals surface area contributed by atoms with Crippen molar-refractivity contribution in [3.63, 3.8) is 0 Å². The molecule has 0 fully saturated rings. The lowest BCUT2D eigenvalue weighted by atomic mass is 10.1. The Morgan fingerprint density at radius 2 is 1.69 bits per heavy atom. The van der Waals surface area contributed by atoms with Crippen LogP contribution in [-0.4, -0.2) is 31.4 Å². The zero-order valence-corrected chi connectivity index (χ0v) is 15.6. The molecular weight excluding hydrogens is 379 g/mol. The molecule has 0 saturated carbocycles. The van der Waals surface area contributed by atoms with Crippen LogP contribution in [0.15, 0.2) is 42.5 Å². The molecular formula is C18H16Cl2N2O4. The van der Waals surface area contributed by atoms with Crippen molar-refractivity contribution >= 4 is 52.4 Å². The molecule has 6 nitrogen and oxygen atoms in total. The molecule has 0 radical (unpaired) electrons. The number of carbonyl (C=O) groups is 3. The van der Waals surface area contributed by atoms with E-state index in [1.165, 1.54) is 43.2 Å². The highest BCUT2D eigenvalue weighted by Gasteiger charge is 2.22. The molecule has 2 aromatic rings. The number of halogens is 2. The first-order chi connectivity index (χ1) is 12.3. The summed E-state index contributed by atoms with van der Waals surface area (Å²) in [6.07, 6.45) is 0. The van der Waals surface area contributed by atoms with Crippen molar-refractivity contribution in [3.8, 4) is 0 Å². The molecule has 0 atom stereocenters. The van der Waals surface area contributed by atoms with Gasteiger partial charge in [-0.15, -0.1) is 0 Å². The van der Waals surface area contributed by atoms with E-state index < -0.39 is 17.8 Å². The Morgan fingerprint density at radius 3 is 2.27 bits per heavy atom. The SMILES string of the molecule is COC(=O)c1ccccc1N(CC(=O)Nc1cc(Cl)cc(Cl)c1)C(C)=O. The highest BCUT2D eigenvalue weighted by atomic mass is 35.5. The van der Waals surface area contributed by atoms with Crippen LogP contribution in [0.25, 0.3) is 0 Å². The number of carbonyl (C=O) groups excluding carboxylic acids is 3. The van der Waals surface area contributed by atoms with Crippen LogP contribution in [0.2, 0.25) is 10.0 Å². The summed E-state index contributed by atoms with van der Waals surface area (Å²) in [7, 11) is 1.24. The lowest BCUT2D eigenvalue weighted by Gasteiger charge is -2.22. The van der Waals surface area contributed by atoms with Crippen LogP contribution in [0.1, 0.15) is 17.3 Å². The van der Waals surface area contributed by atoms with Gasteiger partial charge in [0.15, 0.2) is 0 Å². The van der Waals surface area contributed by atoms with Gasteiger partial charge in [-0.3, -0.25) is 9.59 Å². The van der Waals surface area contributed by atoms with E-state index in [1.807, 2.05) is 0 Å². The molecule has 0 aliphatic heterocycles. The summed E-state index contributed by atoms with van der Waals surface area (Å²) in [6.45, 7) is 1.01. The summed E-state index contributed by atoms with van der Waals surface area (Å²) in [5.74, 6) is -1.48. The fourth-order valence-electron chi connectivity index (χ4n) is 2.33. The third kappa shape index (κ3) is 4.97. The Bertz CT molecular complexity index is 835. The number of anilines is 2. The maximum Gasteiger partial charge on any atom is 0.339 e. The second-order valence-electron chi connectivity index (χ2n) is 5.32. The van der Waals surface area contributed by atoms with Gasteiger partial charge in [-0.2, -0.15) is 0 Å². The van der Waals surface area contributed by atoms with Gasteiger partial charge < -0.3 is 15.0 Å². The molecule has 0 bridgehead atoms. The molecule has 0 unspecified atom stereocenters.